The Morgan fingerprint density at radius 3 is 2.72 bits per heavy atom. The van der Waals surface area contributed by atoms with Crippen LogP contribution < -0.4 is 5.56 Å². The van der Waals surface area contributed by atoms with Gasteiger partial charge in [0, 0.05) is 17.7 Å². The summed E-state index contributed by atoms with van der Waals surface area (Å²) < 4.78 is 1.40. The smallest absolute Gasteiger partial charge is 0.279 e. The predicted molar refractivity (Wildman–Crippen MR) is 68.8 cm³/mol. The van der Waals surface area contributed by atoms with Crippen molar-refractivity contribution < 1.29 is 0 Å². The normalized spacial score (nSPS) is 21.7. The van der Waals surface area contributed by atoms with Crippen LogP contribution in [0.1, 0.15) is 57.3 Å². The van der Waals surface area contributed by atoms with Gasteiger partial charge in [-0.1, -0.05) is 27.7 Å². The molecule has 5 heteroatoms. The first-order chi connectivity index (χ1) is 8.40. The van der Waals surface area contributed by atoms with Gasteiger partial charge in [-0.3, -0.25) is 4.79 Å². The van der Waals surface area contributed by atoms with Crippen LogP contribution in [0.15, 0.2) is 11.0 Å². The Hall–Kier alpha value is -1.65. The van der Waals surface area contributed by atoms with Gasteiger partial charge in [0.25, 0.3) is 5.56 Å². The Bertz CT molecular complexity index is 665. The van der Waals surface area contributed by atoms with Gasteiger partial charge in [-0.2, -0.15) is 9.50 Å². The second kappa shape index (κ2) is 3.43. The first-order valence-corrected chi connectivity index (χ1v) is 6.38. The maximum atomic E-state index is 12.2. The fourth-order valence-corrected chi connectivity index (χ4v) is 2.36. The number of rotatable bonds is 2. The van der Waals surface area contributed by atoms with Crippen LogP contribution in [0.25, 0.3) is 5.78 Å². The van der Waals surface area contributed by atoms with E-state index >= 15 is 0 Å². The van der Waals surface area contributed by atoms with Crippen molar-refractivity contribution in [2.24, 2.45) is 5.41 Å². The second-order valence-corrected chi connectivity index (χ2v) is 6.15. The third-order valence-electron chi connectivity index (χ3n) is 3.87. The summed E-state index contributed by atoms with van der Waals surface area (Å²) in [5.74, 6) is 1.90. The molecule has 0 saturated heterocycles. The molecule has 2 aromatic heterocycles. The fourth-order valence-electron chi connectivity index (χ4n) is 2.36. The molecule has 0 aromatic carbocycles. The number of H-pyrrole nitrogens is 1. The molecule has 96 valence electrons. The molecule has 1 unspecified atom stereocenters. The van der Waals surface area contributed by atoms with E-state index in [9.17, 15) is 4.79 Å². The average Bonchev–Trinajstić information content (AvgIpc) is 2.74. The highest BCUT2D eigenvalue weighted by Crippen LogP contribution is 2.57. The van der Waals surface area contributed by atoms with Crippen LogP contribution in [0, 0.1) is 5.41 Å². The van der Waals surface area contributed by atoms with E-state index in [1.165, 1.54) is 4.52 Å². The quantitative estimate of drug-likeness (QED) is 0.882. The highest BCUT2D eigenvalue weighted by Gasteiger charge is 2.49. The molecule has 2 aromatic rings. The van der Waals surface area contributed by atoms with Gasteiger partial charge in [0.2, 0.25) is 5.78 Å². The number of aromatic nitrogens is 4. The summed E-state index contributed by atoms with van der Waals surface area (Å²) in [5, 5.41) is 4.37. The molecule has 1 aliphatic carbocycles. The molecule has 1 N–H and O–H groups in total. The van der Waals surface area contributed by atoms with E-state index in [0.29, 0.717) is 11.7 Å². The van der Waals surface area contributed by atoms with Gasteiger partial charge in [0.1, 0.15) is 0 Å². The van der Waals surface area contributed by atoms with Crippen molar-refractivity contribution >= 4 is 5.78 Å². The monoisotopic (exact) mass is 246 g/mol. The maximum Gasteiger partial charge on any atom is 0.279 e. The predicted octanol–water partition coefficient (Wildman–Crippen LogP) is 2.05. The molecule has 3 rings (SSSR count). The zero-order valence-electron chi connectivity index (χ0n) is 11.2. The molecule has 0 spiro atoms. The molecule has 5 nitrogen and oxygen atoms in total. The molecule has 2 heterocycles. The Labute approximate surface area is 105 Å². The van der Waals surface area contributed by atoms with E-state index in [1.807, 2.05) is 13.8 Å². The highest BCUT2D eigenvalue weighted by molar-refractivity contribution is 5.31. The maximum absolute atomic E-state index is 12.2. The number of hydrogen-bond acceptors (Lipinski definition) is 3. The zero-order valence-corrected chi connectivity index (χ0v) is 11.2. The lowest BCUT2D eigenvalue weighted by Crippen LogP contribution is -2.20. The summed E-state index contributed by atoms with van der Waals surface area (Å²) in [6.45, 7) is 8.39. The van der Waals surface area contributed by atoms with Gasteiger partial charge in [-0.05, 0) is 17.8 Å². The Kier molecular flexibility index (Phi) is 2.18. The van der Waals surface area contributed by atoms with Crippen LogP contribution in [0.5, 0.6) is 0 Å². The highest BCUT2D eigenvalue weighted by atomic mass is 16.1. The van der Waals surface area contributed by atoms with Gasteiger partial charge in [-0.15, -0.1) is 5.10 Å². The largest absolute Gasteiger partial charge is 0.330 e. The van der Waals surface area contributed by atoms with Crippen LogP contribution in [0.4, 0.5) is 0 Å². The number of hydrogen-bond donors (Lipinski definition) is 1. The average molecular weight is 246 g/mol. The van der Waals surface area contributed by atoms with E-state index in [2.05, 4.69) is 28.9 Å². The Morgan fingerprint density at radius 2 is 2.17 bits per heavy atom. The van der Waals surface area contributed by atoms with Crippen LogP contribution in [0.2, 0.25) is 0 Å². The fraction of sp³-hybridized carbons (Fsp3) is 0.615. The van der Waals surface area contributed by atoms with Crippen molar-refractivity contribution in [3.8, 4) is 0 Å². The SMILES string of the molecule is CC(C)c1c[nH]c2nc(C3CC3(C)C)nn2c1=O. The third kappa shape index (κ3) is 1.57. The van der Waals surface area contributed by atoms with E-state index in [4.69, 9.17) is 0 Å². The van der Waals surface area contributed by atoms with Gasteiger partial charge in [0.15, 0.2) is 5.82 Å². The Morgan fingerprint density at radius 1 is 1.50 bits per heavy atom. The molecule has 1 aliphatic rings. The van der Waals surface area contributed by atoms with Crippen LogP contribution in [0.3, 0.4) is 0 Å². The van der Waals surface area contributed by atoms with Crippen molar-refractivity contribution in [2.45, 2.75) is 46.0 Å². The van der Waals surface area contributed by atoms with Gasteiger partial charge in [-0.25, -0.2) is 0 Å². The molecule has 1 atom stereocenters. The summed E-state index contributed by atoms with van der Waals surface area (Å²) in [6.07, 6.45) is 2.84. The number of nitrogens with zero attached hydrogens (tertiary/aromatic N) is 3. The molecule has 1 saturated carbocycles. The molecular weight excluding hydrogens is 228 g/mol. The summed E-state index contributed by atoms with van der Waals surface area (Å²) in [4.78, 5) is 19.7. The summed E-state index contributed by atoms with van der Waals surface area (Å²) >= 11 is 0. The second-order valence-electron chi connectivity index (χ2n) is 6.15. The van der Waals surface area contributed by atoms with Crippen molar-refractivity contribution in [3.63, 3.8) is 0 Å². The van der Waals surface area contributed by atoms with Crippen molar-refractivity contribution in [1.29, 1.82) is 0 Å². The lowest BCUT2D eigenvalue weighted by molar-refractivity contribution is 0.607. The van der Waals surface area contributed by atoms with Crippen molar-refractivity contribution in [3.05, 3.63) is 27.9 Å². The van der Waals surface area contributed by atoms with Gasteiger partial charge < -0.3 is 4.98 Å². The summed E-state index contributed by atoms with van der Waals surface area (Å²) in [6, 6.07) is 0. The van der Waals surface area contributed by atoms with Crippen molar-refractivity contribution in [1.82, 2.24) is 19.6 Å². The first-order valence-electron chi connectivity index (χ1n) is 6.38. The minimum Gasteiger partial charge on any atom is -0.330 e. The zero-order chi connectivity index (χ0) is 13.1. The van der Waals surface area contributed by atoms with Gasteiger partial charge in [0.05, 0.1) is 0 Å². The molecule has 1 fully saturated rings. The number of nitrogens with one attached hydrogen (secondary N) is 1. The lowest BCUT2D eigenvalue weighted by atomic mass is 10.1. The van der Waals surface area contributed by atoms with Crippen molar-refractivity contribution in [2.75, 3.05) is 0 Å². The van der Waals surface area contributed by atoms with E-state index < -0.39 is 0 Å². The number of fused-ring (bicyclic) bond motifs is 1. The van der Waals surface area contributed by atoms with Crippen LogP contribution in [-0.2, 0) is 0 Å². The minimum atomic E-state index is -0.0593. The van der Waals surface area contributed by atoms with Crippen LogP contribution in [-0.4, -0.2) is 19.6 Å². The molecular formula is C13H18N4O. The van der Waals surface area contributed by atoms with E-state index in [1.54, 1.807) is 6.20 Å². The molecule has 0 aliphatic heterocycles. The topological polar surface area (TPSA) is 63.1 Å². The minimum absolute atomic E-state index is 0.0593. The van der Waals surface area contributed by atoms with Gasteiger partial charge >= 0.3 is 0 Å². The summed E-state index contributed by atoms with van der Waals surface area (Å²) in [7, 11) is 0. The third-order valence-corrected chi connectivity index (χ3v) is 3.87. The molecule has 18 heavy (non-hydrogen) atoms. The molecule has 0 amide bonds. The number of aromatic amines is 1. The standard InChI is InChI=1S/C13H18N4O/c1-7(2)8-6-14-12-15-10(9-5-13(9,3)4)16-17(12)11(8)18/h6-7,9H,5H2,1-4H3,(H,14,15,16). The summed E-state index contributed by atoms with van der Waals surface area (Å²) in [5.41, 5.74) is 0.958. The van der Waals surface area contributed by atoms with E-state index in [-0.39, 0.29) is 16.9 Å². The van der Waals surface area contributed by atoms with Crippen LogP contribution >= 0.6 is 0 Å². The first kappa shape index (κ1) is 11.4. The molecule has 0 radical (unpaired) electrons. The Balaban J connectivity index is 2.13. The molecule has 0 bridgehead atoms. The van der Waals surface area contributed by atoms with E-state index in [0.717, 1.165) is 17.8 Å². The lowest BCUT2D eigenvalue weighted by Gasteiger charge is -2.02.